The van der Waals surface area contributed by atoms with Crippen LogP contribution in [0, 0.1) is 6.92 Å². The van der Waals surface area contributed by atoms with Gasteiger partial charge in [-0.15, -0.1) is 0 Å². The van der Waals surface area contributed by atoms with Crippen molar-refractivity contribution in [3.63, 3.8) is 0 Å². The Hall–Kier alpha value is -2.54. The van der Waals surface area contributed by atoms with E-state index in [1.54, 1.807) is 12.1 Å². The van der Waals surface area contributed by atoms with Gasteiger partial charge in [-0.3, -0.25) is 9.48 Å². The van der Waals surface area contributed by atoms with Gasteiger partial charge in [-0.25, -0.2) is 0 Å². The lowest BCUT2D eigenvalue weighted by molar-refractivity contribution is 0.0812. The third-order valence-electron chi connectivity index (χ3n) is 4.80. The number of rotatable bonds is 3. The minimum atomic E-state index is -0.186. The van der Waals surface area contributed by atoms with E-state index >= 15 is 0 Å². The molecule has 0 unspecified atom stereocenters. The number of aryl methyl sites for hydroxylation is 1. The molecule has 1 fully saturated rings. The van der Waals surface area contributed by atoms with Crippen LogP contribution >= 0.6 is 0 Å². The second kappa shape index (κ2) is 6.40. The number of carbonyl (C=O) groups excluding carboxylic acids is 1. The second-order valence-corrected chi connectivity index (χ2v) is 6.30. The monoisotopic (exact) mass is 343 g/mol. The maximum Gasteiger partial charge on any atom is 0.255 e. The van der Waals surface area contributed by atoms with Crippen LogP contribution in [0.4, 0.5) is 0 Å². The molecule has 1 aromatic carbocycles. The van der Waals surface area contributed by atoms with Gasteiger partial charge in [0.25, 0.3) is 5.91 Å². The van der Waals surface area contributed by atoms with E-state index in [1.165, 1.54) is 0 Å². The lowest BCUT2D eigenvalue weighted by atomic mass is 10.0. The van der Waals surface area contributed by atoms with Crippen LogP contribution in [-0.4, -0.2) is 41.6 Å². The van der Waals surface area contributed by atoms with Gasteiger partial charge in [0.1, 0.15) is 19.3 Å². The Balaban J connectivity index is 1.55. The molecule has 2 aliphatic rings. The van der Waals surface area contributed by atoms with E-state index in [0.29, 0.717) is 36.9 Å². The molecular formula is C18H21N3O4. The molecule has 25 heavy (non-hydrogen) atoms. The summed E-state index contributed by atoms with van der Waals surface area (Å²) in [5.74, 6) is 0.949. The number of ether oxygens (including phenoxy) is 3. The van der Waals surface area contributed by atoms with Gasteiger partial charge in [-0.2, -0.15) is 5.10 Å². The average molecular weight is 343 g/mol. The Morgan fingerprint density at radius 1 is 1.28 bits per heavy atom. The molecule has 0 radical (unpaired) electrons. The van der Waals surface area contributed by atoms with Crippen LogP contribution in [0.1, 0.15) is 34.1 Å². The van der Waals surface area contributed by atoms with Crippen molar-refractivity contribution >= 4 is 5.91 Å². The lowest BCUT2D eigenvalue weighted by Gasteiger charge is -2.23. The standard InChI is InChI=1S/C18H21N3O4/c1-11-13(10-19-21(11)2)16-14(6-7-24-16)20-18(22)12-4-3-5-15-17(12)25-9-8-23-15/h3-5,10,14,16H,6-9H2,1-2H3,(H,20,22)/t14-,16+/m0/s1. The Bertz CT molecular complexity index is 802. The van der Waals surface area contributed by atoms with Crippen LogP contribution in [-0.2, 0) is 11.8 Å². The van der Waals surface area contributed by atoms with E-state index < -0.39 is 0 Å². The van der Waals surface area contributed by atoms with Crippen molar-refractivity contribution in [3.8, 4) is 11.5 Å². The molecule has 1 saturated heterocycles. The summed E-state index contributed by atoms with van der Waals surface area (Å²) in [5.41, 5.74) is 2.55. The highest BCUT2D eigenvalue weighted by atomic mass is 16.6. The fourth-order valence-corrected chi connectivity index (χ4v) is 3.34. The van der Waals surface area contributed by atoms with Gasteiger partial charge in [-0.1, -0.05) is 6.07 Å². The van der Waals surface area contributed by atoms with Gasteiger partial charge in [0.2, 0.25) is 0 Å². The molecule has 3 heterocycles. The van der Waals surface area contributed by atoms with Crippen LogP contribution in [0.2, 0.25) is 0 Å². The van der Waals surface area contributed by atoms with E-state index in [-0.39, 0.29) is 18.1 Å². The van der Waals surface area contributed by atoms with Crippen molar-refractivity contribution in [2.45, 2.75) is 25.5 Å². The highest BCUT2D eigenvalue weighted by molar-refractivity contribution is 5.98. The number of carbonyl (C=O) groups is 1. The van der Waals surface area contributed by atoms with Crippen LogP contribution < -0.4 is 14.8 Å². The summed E-state index contributed by atoms with van der Waals surface area (Å²) >= 11 is 0. The van der Waals surface area contributed by atoms with Crippen molar-refractivity contribution in [2.75, 3.05) is 19.8 Å². The fraction of sp³-hybridized carbons (Fsp3) is 0.444. The maximum atomic E-state index is 12.8. The first-order chi connectivity index (χ1) is 12.1. The second-order valence-electron chi connectivity index (χ2n) is 6.30. The molecule has 0 aliphatic carbocycles. The fourth-order valence-electron chi connectivity index (χ4n) is 3.34. The number of nitrogens with zero attached hydrogens (tertiary/aromatic N) is 2. The molecule has 0 spiro atoms. The largest absolute Gasteiger partial charge is 0.486 e. The molecule has 4 rings (SSSR count). The molecule has 2 atom stereocenters. The summed E-state index contributed by atoms with van der Waals surface area (Å²) in [7, 11) is 1.90. The van der Waals surface area contributed by atoms with Crippen molar-refractivity contribution in [1.82, 2.24) is 15.1 Å². The van der Waals surface area contributed by atoms with Gasteiger partial charge in [-0.05, 0) is 25.5 Å². The first kappa shape index (κ1) is 16.0. The highest BCUT2D eigenvalue weighted by Gasteiger charge is 2.34. The molecule has 1 N–H and O–H groups in total. The van der Waals surface area contributed by atoms with E-state index in [2.05, 4.69) is 10.4 Å². The summed E-state index contributed by atoms with van der Waals surface area (Å²) < 4.78 is 18.9. The zero-order valence-corrected chi connectivity index (χ0v) is 14.3. The average Bonchev–Trinajstić information content (AvgIpc) is 3.21. The summed E-state index contributed by atoms with van der Waals surface area (Å²) in [4.78, 5) is 12.8. The highest BCUT2D eigenvalue weighted by Crippen LogP contribution is 2.35. The number of aromatic nitrogens is 2. The molecule has 1 amide bonds. The van der Waals surface area contributed by atoms with E-state index in [0.717, 1.165) is 17.7 Å². The van der Waals surface area contributed by atoms with E-state index in [4.69, 9.17) is 14.2 Å². The number of fused-ring (bicyclic) bond motifs is 1. The number of para-hydroxylation sites is 1. The summed E-state index contributed by atoms with van der Waals surface area (Å²) in [6, 6.07) is 5.26. The minimum Gasteiger partial charge on any atom is -0.486 e. The number of amides is 1. The zero-order chi connectivity index (χ0) is 17.4. The van der Waals surface area contributed by atoms with Gasteiger partial charge < -0.3 is 19.5 Å². The summed E-state index contributed by atoms with van der Waals surface area (Å²) in [5, 5.41) is 7.37. The van der Waals surface area contributed by atoms with Gasteiger partial charge in [0.15, 0.2) is 11.5 Å². The molecule has 132 valence electrons. The topological polar surface area (TPSA) is 74.6 Å². The molecular weight excluding hydrogens is 322 g/mol. The smallest absolute Gasteiger partial charge is 0.255 e. The Labute approximate surface area is 145 Å². The number of hydrogen-bond acceptors (Lipinski definition) is 5. The van der Waals surface area contributed by atoms with Gasteiger partial charge >= 0.3 is 0 Å². The van der Waals surface area contributed by atoms with Crippen LogP contribution in [0.15, 0.2) is 24.4 Å². The van der Waals surface area contributed by atoms with Crippen LogP contribution in [0.25, 0.3) is 0 Å². The SMILES string of the molecule is Cc1c([C@H]2OCC[C@@H]2NC(=O)c2cccc3c2OCCO3)cnn1C. The van der Waals surface area contributed by atoms with Crippen molar-refractivity contribution in [3.05, 3.63) is 41.2 Å². The van der Waals surface area contributed by atoms with Crippen molar-refractivity contribution < 1.29 is 19.0 Å². The quantitative estimate of drug-likeness (QED) is 0.919. The van der Waals surface area contributed by atoms with Crippen molar-refractivity contribution in [1.29, 1.82) is 0 Å². The van der Waals surface area contributed by atoms with E-state index in [9.17, 15) is 4.79 Å². The zero-order valence-electron chi connectivity index (χ0n) is 14.3. The number of hydrogen-bond donors (Lipinski definition) is 1. The normalized spacial score (nSPS) is 22.0. The van der Waals surface area contributed by atoms with Gasteiger partial charge in [0, 0.05) is 24.9 Å². The van der Waals surface area contributed by atoms with Gasteiger partial charge in [0.05, 0.1) is 17.8 Å². The predicted octanol–water partition coefficient (Wildman–Crippen LogP) is 1.76. The minimum absolute atomic E-state index is 0.101. The maximum absolute atomic E-state index is 12.8. The first-order valence-corrected chi connectivity index (χ1v) is 8.44. The lowest BCUT2D eigenvalue weighted by Crippen LogP contribution is -2.37. The van der Waals surface area contributed by atoms with Crippen LogP contribution in [0.3, 0.4) is 0 Å². The molecule has 7 nitrogen and oxygen atoms in total. The molecule has 2 aliphatic heterocycles. The molecule has 1 aromatic heterocycles. The molecule has 0 bridgehead atoms. The Morgan fingerprint density at radius 3 is 2.92 bits per heavy atom. The summed E-state index contributed by atoms with van der Waals surface area (Å²) in [6.07, 6.45) is 2.39. The Kier molecular flexibility index (Phi) is 4.09. The molecule has 2 aromatic rings. The third kappa shape index (κ3) is 2.84. The number of nitrogens with one attached hydrogen (secondary N) is 1. The Morgan fingerprint density at radius 2 is 2.12 bits per heavy atom. The molecule has 0 saturated carbocycles. The first-order valence-electron chi connectivity index (χ1n) is 8.44. The van der Waals surface area contributed by atoms with Crippen LogP contribution in [0.5, 0.6) is 11.5 Å². The molecule has 7 heteroatoms. The van der Waals surface area contributed by atoms with E-state index in [1.807, 2.05) is 30.9 Å². The predicted molar refractivity (Wildman–Crippen MR) is 89.9 cm³/mol. The summed E-state index contributed by atoms with van der Waals surface area (Å²) in [6.45, 7) is 3.55. The number of benzene rings is 1. The van der Waals surface area contributed by atoms with Crippen molar-refractivity contribution in [2.24, 2.45) is 7.05 Å². The third-order valence-corrected chi connectivity index (χ3v) is 4.80.